The van der Waals surface area contributed by atoms with Gasteiger partial charge in [-0.25, -0.2) is 4.98 Å². The van der Waals surface area contributed by atoms with Crippen LogP contribution in [0.25, 0.3) is 0 Å². The van der Waals surface area contributed by atoms with Gasteiger partial charge in [0.1, 0.15) is 24.1 Å². The maximum Gasteiger partial charge on any atom is 0.140 e. The van der Waals surface area contributed by atoms with Crippen molar-refractivity contribution >= 4 is 5.71 Å². The lowest BCUT2D eigenvalue weighted by Crippen LogP contribution is -2.00. The lowest BCUT2D eigenvalue weighted by molar-refractivity contribution is 0.303. The SMILES string of the molecule is N#Cc1cc(COc2cccc3c2CCC3=NO)ccn1. The molecule has 0 saturated heterocycles. The minimum atomic E-state index is 0.374. The number of rotatable bonds is 3. The highest BCUT2D eigenvalue weighted by atomic mass is 16.5. The molecule has 0 bridgehead atoms. The second-order valence-electron chi connectivity index (χ2n) is 4.78. The van der Waals surface area contributed by atoms with E-state index in [-0.39, 0.29) is 0 Å². The molecule has 1 aliphatic rings. The Morgan fingerprint density at radius 3 is 3.05 bits per heavy atom. The molecule has 0 spiro atoms. The van der Waals surface area contributed by atoms with Crippen LogP contribution in [0, 0.1) is 11.3 Å². The number of ether oxygens (including phenoxy) is 1. The molecule has 1 N–H and O–H groups in total. The number of hydrogen-bond donors (Lipinski definition) is 1. The largest absolute Gasteiger partial charge is 0.489 e. The van der Waals surface area contributed by atoms with Crippen molar-refractivity contribution in [3.8, 4) is 11.8 Å². The van der Waals surface area contributed by atoms with E-state index in [0.29, 0.717) is 18.0 Å². The zero-order valence-corrected chi connectivity index (χ0v) is 11.3. The molecule has 0 unspecified atom stereocenters. The van der Waals surface area contributed by atoms with Gasteiger partial charge in [-0.15, -0.1) is 0 Å². The lowest BCUT2D eigenvalue weighted by atomic mass is 10.1. The van der Waals surface area contributed by atoms with Crippen LogP contribution in [0.5, 0.6) is 5.75 Å². The van der Waals surface area contributed by atoms with Gasteiger partial charge in [-0.2, -0.15) is 5.26 Å². The van der Waals surface area contributed by atoms with Crippen LogP contribution >= 0.6 is 0 Å². The number of fused-ring (bicyclic) bond motifs is 1. The van der Waals surface area contributed by atoms with Crippen LogP contribution in [0.3, 0.4) is 0 Å². The summed E-state index contributed by atoms with van der Waals surface area (Å²) in [7, 11) is 0. The summed E-state index contributed by atoms with van der Waals surface area (Å²) < 4.78 is 5.85. The number of benzene rings is 1. The van der Waals surface area contributed by atoms with Gasteiger partial charge in [-0.05, 0) is 36.6 Å². The maximum atomic E-state index is 8.98. The minimum absolute atomic E-state index is 0.374. The number of aromatic nitrogens is 1. The molecule has 0 aliphatic heterocycles. The number of nitrogens with zero attached hydrogens (tertiary/aromatic N) is 3. The maximum absolute atomic E-state index is 8.98. The van der Waals surface area contributed by atoms with Gasteiger partial charge in [0.15, 0.2) is 0 Å². The van der Waals surface area contributed by atoms with E-state index in [1.165, 1.54) is 0 Å². The molecule has 5 nitrogen and oxygen atoms in total. The van der Waals surface area contributed by atoms with Crippen molar-refractivity contribution in [3.63, 3.8) is 0 Å². The minimum Gasteiger partial charge on any atom is -0.489 e. The highest BCUT2D eigenvalue weighted by Crippen LogP contribution is 2.31. The van der Waals surface area contributed by atoms with Crippen LogP contribution in [-0.2, 0) is 13.0 Å². The predicted molar refractivity (Wildman–Crippen MR) is 76.4 cm³/mol. The summed E-state index contributed by atoms with van der Waals surface area (Å²) >= 11 is 0. The smallest absolute Gasteiger partial charge is 0.140 e. The Hall–Kier alpha value is -2.87. The summed E-state index contributed by atoms with van der Waals surface area (Å²) in [4.78, 5) is 3.93. The normalized spacial score (nSPS) is 14.7. The molecule has 0 fully saturated rings. The highest BCUT2D eigenvalue weighted by molar-refractivity contribution is 6.04. The van der Waals surface area contributed by atoms with Gasteiger partial charge in [0.25, 0.3) is 0 Å². The molecule has 104 valence electrons. The summed E-state index contributed by atoms with van der Waals surface area (Å²) in [5.41, 5.74) is 3.99. The lowest BCUT2D eigenvalue weighted by Gasteiger charge is -2.10. The predicted octanol–water partition coefficient (Wildman–Crippen LogP) is 2.66. The molecular weight excluding hydrogens is 266 g/mol. The molecule has 0 radical (unpaired) electrons. The van der Waals surface area contributed by atoms with Gasteiger partial charge in [0.2, 0.25) is 0 Å². The van der Waals surface area contributed by atoms with Gasteiger partial charge in [-0.3, -0.25) is 0 Å². The second kappa shape index (κ2) is 5.63. The summed E-state index contributed by atoms with van der Waals surface area (Å²) in [6.45, 7) is 0.374. The first-order chi connectivity index (χ1) is 10.3. The zero-order valence-electron chi connectivity index (χ0n) is 11.3. The number of hydrogen-bond acceptors (Lipinski definition) is 5. The highest BCUT2D eigenvalue weighted by Gasteiger charge is 2.21. The molecule has 0 amide bonds. The number of oxime groups is 1. The van der Waals surface area contributed by atoms with Crippen LogP contribution in [0.1, 0.15) is 28.8 Å². The van der Waals surface area contributed by atoms with E-state index in [1.54, 1.807) is 12.3 Å². The van der Waals surface area contributed by atoms with Crippen molar-refractivity contribution in [2.75, 3.05) is 0 Å². The van der Waals surface area contributed by atoms with Gasteiger partial charge in [0.05, 0.1) is 5.71 Å². The van der Waals surface area contributed by atoms with Gasteiger partial charge in [0, 0.05) is 17.3 Å². The van der Waals surface area contributed by atoms with Crippen LogP contribution < -0.4 is 4.74 Å². The molecule has 21 heavy (non-hydrogen) atoms. The van der Waals surface area contributed by atoms with E-state index in [9.17, 15) is 0 Å². The molecular formula is C16H13N3O2. The van der Waals surface area contributed by atoms with Gasteiger partial charge < -0.3 is 9.94 Å². The van der Waals surface area contributed by atoms with E-state index in [2.05, 4.69) is 10.1 Å². The molecule has 3 rings (SSSR count). The third kappa shape index (κ3) is 2.56. The fourth-order valence-electron chi connectivity index (χ4n) is 2.50. The van der Waals surface area contributed by atoms with Gasteiger partial charge >= 0.3 is 0 Å². The van der Waals surface area contributed by atoms with Crippen molar-refractivity contribution in [2.24, 2.45) is 5.16 Å². The average molecular weight is 279 g/mol. The van der Waals surface area contributed by atoms with Crippen molar-refractivity contribution in [3.05, 3.63) is 58.9 Å². The van der Waals surface area contributed by atoms with Crippen LogP contribution in [-0.4, -0.2) is 15.9 Å². The molecule has 1 aliphatic carbocycles. The molecule has 1 aromatic carbocycles. The topological polar surface area (TPSA) is 78.5 Å². The van der Waals surface area contributed by atoms with E-state index in [1.807, 2.05) is 30.3 Å². The van der Waals surface area contributed by atoms with Crippen LogP contribution in [0.15, 0.2) is 41.7 Å². The van der Waals surface area contributed by atoms with Crippen molar-refractivity contribution in [1.82, 2.24) is 4.98 Å². The molecule has 1 aromatic heterocycles. The quantitative estimate of drug-likeness (QED) is 0.692. The molecule has 2 aromatic rings. The van der Waals surface area contributed by atoms with Crippen LogP contribution in [0.4, 0.5) is 0 Å². The monoisotopic (exact) mass is 279 g/mol. The van der Waals surface area contributed by atoms with Crippen LogP contribution in [0.2, 0.25) is 0 Å². The Morgan fingerprint density at radius 2 is 2.24 bits per heavy atom. The third-order valence-corrected chi connectivity index (χ3v) is 3.51. The Kier molecular flexibility index (Phi) is 3.52. The molecule has 1 heterocycles. The third-order valence-electron chi connectivity index (χ3n) is 3.51. The number of nitriles is 1. The first-order valence-corrected chi connectivity index (χ1v) is 6.63. The van der Waals surface area contributed by atoms with Crippen molar-refractivity contribution < 1.29 is 9.94 Å². The Balaban J connectivity index is 1.81. The van der Waals surface area contributed by atoms with Crippen molar-refractivity contribution in [2.45, 2.75) is 19.4 Å². The summed E-state index contributed by atoms with van der Waals surface area (Å²) in [5, 5.41) is 21.1. The standard InChI is InChI=1S/C16H13N3O2/c17-9-12-8-11(6-7-18-12)10-21-16-3-1-2-13-14(16)4-5-15(13)19-20/h1-3,6-8,20H,4-5,10H2. The fourth-order valence-corrected chi connectivity index (χ4v) is 2.50. The average Bonchev–Trinajstić information content (AvgIpc) is 2.96. The Labute approximate surface area is 122 Å². The van der Waals surface area contributed by atoms with Gasteiger partial charge in [-0.1, -0.05) is 17.3 Å². The first-order valence-electron chi connectivity index (χ1n) is 6.63. The van der Waals surface area contributed by atoms with E-state index in [4.69, 9.17) is 15.2 Å². The number of pyridine rings is 1. The van der Waals surface area contributed by atoms with E-state index < -0.39 is 0 Å². The Morgan fingerprint density at radius 1 is 1.33 bits per heavy atom. The summed E-state index contributed by atoms with van der Waals surface area (Å²) in [6, 6.07) is 11.3. The Bertz CT molecular complexity index is 747. The first kappa shape index (κ1) is 13.1. The van der Waals surface area contributed by atoms with E-state index >= 15 is 0 Å². The molecule has 0 atom stereocenters. The second-order valence-corrected chi connectivity index (χ2v) is 4.78. The molecule has 0 saturated carbocycles. The molecule has 5 heteroatoms. The van der Waals surface area contributed by atoms with Crippen molar-refractivity contribution in [1.29, 1.82) is 5.26 Å². The van der Waals surface area contributed by atoms with E-state index in [0.717, 1.165) is 35.3 Å². The zero-order chi connectivity index (χ0) is 14.7. The summed E-state index contributed by atoms with van der Waals surface area (Å²) in [5.74, 6) is 0.793. The fraction of sp³-hybridized carbons (Fsp3) is 0.188. The summed E-state index contributed by atoms with van der Waals surface area (Å²) in [6.07, 6.45) is 3.13.